The van der Waals surface area contributed by atoms with Crippen LogP contribution in [-0.2, 0) is 0 Å². The third-order valence-electron chi connectivity index (χ3n) is 5.69. The summed E-state index contributed by atoms with van der Waals surface area (Å²) in [5.74, 6) is -0.617. The van der Waals surface area contributed by atoms with Crippen LogP contribution in [0.4, 0.5) is 30.6 Å². The molecule has 0 saturated heterocycles. The smallest absolute Gasteiger partial charge is 0.229 e. The van der Waals surface area contributed by atoms with Gasteiger partial charge < -0.3 is 15.0 Å². The van der Waals surface area contributed by atoms with Crippen LogP contribution in [0.25, 0.3) is 11.1 Å². The molecular formula is C25H20F3N5O. The van der Waals surface area contributed by atoms with Gasteiger partial charge in [0.15, 0.2) is 11.6 Å². The molecule has 1 atom stereocenters. The molecule has 0 radical (unpaired) electrons. The summed E-state index contributed by atoms with van der Waals surface area (Å²) >= 11 is 0. The Kier molecular flexibility index (Phi) is 5.53. The highest BCUT2D eigenvalue weighted by atomic mass is 19.1. The molecule has 1 N–H and O–H groups in total. The van der Waals surface area contributed by atoms with E-state index in [0.717, 1.165) is 17.3 Å². The summed E-state index contributed by atoms with van der Waals surface area (Å²) in [4.78, 5) is 14.6. The van der Waals surface area contributed by atoms with Crippen LogP contribution in [0.5, 0.6) is 5.75 Å². The number of aromatic nitrogens is 3. The lowest BCUT2D eigenvalue weighted by Gasteiger charge is -2.35. The van der Waals surface area contributed by atoms with E-state index in [9.17, 15) is 13.2 Å². The monoisotopic (exact) mass is 463 g/mol. The van der Waals surface area contributed by atoms with Gasteiger partial charge in [-0.2, -0.15) is 4.98 Å². The maximum atomic E-state index is 14.8. The number of likely N-dealkylation sites (N-methyl/N-ethyl adjacent to an activating group) is 1. The average Bonchev–Trinajstić information content (AvgIpc) is 2.80. The van der Waals surface area contributed by atoms with E-state index in [1.165, 1.54) is 24.4 Å². The lowest BCUT2D eigenvalue weighted by Crippen LogP contribution is -2.35. The van der Waals surface area contributed by atoms with Gasteiger partial charge in [0.05, 0.1) is 12.2 Å². The van der Waals surface area contributed by atoms with Gasteiger partial charge in [-0.05, 0) is 48.9 Å². The molecular weight excluding hydrogens is 443 g/mol. The van der Waals surface area contributed by atoms with Gasteiger partial charge >= 0.3 is 0 Å². The number of nitrogens with one attached hydrogen (secondary N) is 1. The molecule has 1 aliphatic rings. The average molecular weight is 463 g/mol. The van der Waals surface area contributed by atoms with Gasteiger partial charge in [0.25, 0.3) is 0 Å². The number of hydrogen-bond donors (Lipinski definition) is 1. The number of aryl methyl sites for hydroxylation is 1. The van der Waals surface area contributed by atoms with Gasteiger partial charge in [-0.25, -0.2) is 18.2 Å². The molecule has 6 nitrogen and oxygen atoms in total. The first-order chi connectivity index (χ1) is 16.4. The predicted octanol–water partition coefficient (Wildman–Crippen LogP) is 5.58. The van der Waals surface area contributed by atoms with E-state index in [1.54, 1.807) is 36.3 Å². The lowest BCUT2D eigenvalue weighted by molar-refractivity contribution is 0.262. The maximum Gasteiger partial charge on any atom is 0.229 e. The fourth-order valence-corrected chi connectivity index (χ4v) is 3.94. The van der Waals surface area contributed by atoms with Crippen LogP contribution < -0.4 is 15.0 Å². The highest BCUT2D eigenvalue weighted by Gasteiger charge is 2.30. The number of halogens is 3. The first kappa shape index (κ1) is 21.7. The molecule has 5 rings (SSSR count). The number of hydrogen-bond acceptors (Lipinski definition) is 6. The second kappa shape index (κ2) is 8.66. The minimum Gasteiger partial charge on any atom is -0.486 e. The highest BCUT2D eigenvalue weighted by Crippen LogP contribution is 2.38. The van der Waals surface area contributed by atoms with Crippen molar-refractivity contribution in [2.24, 2.45) is 0 Å². The minimum absolute atomic E-state index is 0.156. The van der Waals surface area contributed by atoms with Crippen LogP contribution in [0.2, 0.25) is 0 Å². The summed E-state index contributed by atoms with van der Waals surface area (Å²) in [6, 6.07) is 11.3. The SMILES string of the molecule is Cc1cc(-c2ccc(Nc3ncc4c(n3)N(C)C(c3ccc(F)cc3F)CO4)cc2F)ccn1. The van der Waals surface area contributed by atoms with Crippen molar-refractivity contribution in [3.8, 4) is 16.9 Å². The van der Waals surface area contributed by atoms with Gasteiger partial charge in [0, 0.05) is 41.8 Å². The van der Waals surface area contributed by atoms with E-state index in [2.05, 4.69) is 20.3 Å². The third kappa shape index (κ3) is 4.12. The number of pyridine rings is 1. The molecule has 1 unspecified atom stereocenters. The number of rotatable bonds is 4. The molecule has 3 heterocycles. The molecule has 34 heavy (non-hydrogen) atoms. The van der Waals surface area contributed by atoms with Gasteiger partial charge in [-0.1, -0.05) is 6.07 Å². The first-order valence-corrected chi connectivity index (χ1v) is 10.6. The van der Waals surface area contributed by atoms with Crippen molar-refractivity contribution in [1.82, 2.24) is 15.0 Å². The zero-order valence-electron chi connectivity index (χ0n) is 18.4. The maximum absolute atomic E-state index is 14.8. The molecule has 2 aromatic carbocycles. The summed E-state index contributed by atoms with van der Waals surface area (Å²) in [7, 11) is 1.75. The van der Waals surface area contributed by atoms with Gasteiger partial charge in [-0.15, -0.1) is 0 Å². The number of anilines is 3. The predicted molar refractivity (Wildman–Crippen MR) is 123 cm³/mol. The topological polar surface area (TPSA) is 63.2 Å². The van der Waals surface area contributed by atoms with Gasteiger partial charge in [-0.3, -0.25) is 4.98 Å². The Hall–Kier alpha value is -4.14. The second-order valence-electron chi connectivity index (χ2n) is 7.99. The van der Waals surface area contributed by atoms with Crippen LogP contribution in [0.15, 0.2) is 60.9 Å². The molecule has 1 aliphatic heterocycles. The zero-order chi connectivity index (χ0) is 23.8. The Labute approximate surface area is 194 Å². The van der Waals surface area contributed by atoms with E-state index >= 15 is 0 Å². The molecule has 0 spiro atoms. The molecule has 9 heteroatoms. The molecule has 2 aromatic heterocycles. The number of fused-ring (bicyclic) bond motifs is 1. The van der Waals surface area contributed by atoms with Crippen molar-refractivity contribution >= 4 is 17.5 Å². The fraction of sp³-hybridized carbons (Fsp3) is 0.160. The van der Waals surface area contributed by atoms with E-state index in [4.69, 9.17) is 4.74 Å². The van der Waals surface area contributed by atoms with Crippen molar-refractivity contribution in [2.75, 3.05) is 23.9 Å². The molecule has 0 bridgehead atoms. The second-order valence-corrected chi connectivity index (χ2v) is 7.99. The Balaban J connectivity index is 1.40. The summed E-state index contributed by atoms with van der Waals surface area (Å²) in [5, 5.41) is 3.00. The van der Waals surface area contributed by atoms with Crippen molar-refractivity contribution in [3.63, 3.8) is 0 Å². The Bertz CT molecular complexity index is 1380. The van der Waals surface area contributed by atoms with Gasteiger partial charge in [0.2, 0.25) is 5.95 Å². The third-order valence-corrected chi connectivity index (χ3v) is 5.69. The zero-order valence-corrected chi connectivity index (χ0v) is 18.4. The summed E-state index contributed by atoms with van der Waals surface area (Å²) in [6.45, 7) is 2.00. The Morgan fingerprint density at radius 1 is 1.00 bits per heavy atom. The molecule has 0 amide bonds. The van der Waals surface area contributed by atoms with Crippen LogP contribution in [0.3, 0.4) is 0 Å². The summed E-state index contributed by atoms with van der Waals surface area (Å²) < 4.78 is 48.2. The molecule has 0 fully saturated rings. The van der Waals surface area contributed by atoms with Crippen molar-refractivity contribution in [2.45, 2.75) is 13.0 Å². The first-order valence-electron chi connectivity index (χ1n) is 10.6. The molecule has 0 saturated carbocycles. The summed E-state index contributed by atoms with van der Waals surface area (Å²) in [6.07, 6.45) is 3.14. The minimum atomic E-state index is -0.656. The van der Waals surface area contributed by atoms with Crippen LogP contribution >= 0.6 is 0 Å². The van der Waals surface area contributed by atoms with Crippen molar-refractivity contribution in [3.05, 3.63) is 89.6 Å². The standard InChI is InChI=1S/C25H20F3N5O/c1-14-9-15(7-8-29-14)18-6-4-17(11-21(18)28)31-25-30-12-23-24(32-25)33(2)22(13-34-23)19-5-3-16(26)10-20(19)27/h3-12,22H,13H2,1-2H3,(H,30,31,32). The van der Waals surface area contributed by atoms with Crippen LogP contribution in [0, 0.1) is 24.4 Å². The van der Waals surface area contributed by atoms with Gasteiger partial charge in [0.1, 0.15) is 24.1 Å². The Morgan fingerprint density at radius 3 is 2.62 bits per heavy atom. The number of benzene rings is 2. The number of ether oxygens (including phenoxy) is 1. The van der Waals surface area contributed by atoms with Crippen LogP contribution in [0.1, 0.15) is 17.3 Å². The normalized spacial score (nSPS) is 15.0. The van der Waals surface area contributed by atoms with E-state index in [-0.39, 0.29) is 12.6 Å². The Morgan fingerprint density at radius 2 is 1.85 bits per heavy atom. The molecule has 172 valence electrons. The lowest BCUT2D eigenvalue weighted by atomic mass is 10.0. The van der Waals surface area contributed by atoms with E-state index in [0.29, 0.717) is 28.4 Å². The van der Waals surface area contributed by atoms with Crippen LogP contribution in [-0.4, -0.2) is 28.6 Å². The van der Waals surface area contributed by atoms with Crippen molar-refractivity contribution in [1.29, 1.82) is 0 Å². The van der Waals surface area contributed by atoms with E-state index in [1.807, 2.05) is 13.0 Å². The largest absolute Gasteiger partial charge is 0.486 e. The number of nitrogens with zero attached hydrogens (tertiary/aromatic N) is 4. The fourth-order valence-electron chi connectivity index (χ4n) is 3.94. The quantitative estimate of drug-likeness (QED) is 0.427. The van der Waals surface area contributed by atoms with E-state index < -0.39 is 23.5 Å². The molecule has 4 aromatic rings. The summed E-state index contributed by atoms with van der Waals surface area (Å²) in [5.41, 5.74) is 2.75. The molecule has 0 aliphatic carbocycles. The highest BCUT2D eigenvalue weighted by molar-refractivity contribution is 5.68. The van der Waals surface area contributed by atoms with Crippen molar-refractivity contribution < 1.29 is 17.9 Å².